The summed E-state index contributed by atoms with van der Waals surface area (Å²) in [7, 11) is -3.22. The second-order valence-corrected chi connectivity index (χ2v) is 7.44. The minimum absolute atomic E-state index is 0.0715. The van der Waals surface area contributed by atoms with Gasteiger partial charge in [0.15, 0.2) is 0 Å². The van der Waals surface area contributed by atoms with Gasteiger partial charge in [0.05, 0.1) is 5.75 Å². The molecule has 0 spiro atoms. The van der Waals surface area contributed by atoms with Gasteiger partial charge in [-0.3, -0.25) is 0 Å². The summed E-state index contributed by atoms with van der Waals surface area (Å²) in [4.78, 5) is 0. The normalized spacial score (nSPS) is 16.5. The molecule has 1 saturated heterocycles. The van der Waals surface area contributed by atoms with E-state index in [1.807, 2.05) is 54.6 Å². The zero-order valence-corrected chi connectivity index (χ0v) is 13.2. The lowest BCUT2D eigenvalue weighted by Crippen LogP contribution is -2.46. The van der Waals surface area contributed by atoms with Gasteiger partial charge in [-0.25, -0.2) is 8.42 Å². The molecule has 0 amide bonds. The average molecular weight is 316 g/mol. The molecule has 0 unspecified atom stereocenters. The van der Waals surface area contributed by atoms with Gasteiger partial charge in [0.2, 0.25) is 10.0 Å². The maximum Gasteiger partial charge on any atom is 0.218 e. The van der Waals surface area contributed by atoms with Crippen LogP contribution in [0.2, 0.25) is 0 Å². The average Bonchev–Trinajstić information content (AvgIpc) is 2.57. The number of hydrogen-bond donors (Lipinski definition) is 1. The fraction of sp³-hybridized carbons (Fsp3) is 0.294. The van der Waals surface area contributed by atoms with Crippen LogP contribution in [0.25, 0.3) is 11.1 Å². The molecule has 1 aliphatic rings. The van der Waals surface area contributed by atoms with E-state index in [1.165, 1.54) is 0 Å². The van der Waals surface area contributed by atoms with Crippen molar-refractivity contribution < 1.29 is 8.42 Å². The first kappa shape index (κ1) is 15.2. The van der Waals surface area contributed by atoms with Gasteiger partial charge < -0.3 is 5.32 Å². The van der Waals surface area contributed by atoms with Gasteiger partial charge in [0, 0.05) is 26.2 Å². The number of rotatable bonds is 4. The van der Waals surface area contributed by atoms with Crippen LogP contribution in [-0.4, -0.2) is 38.9 Å². The van der Waals surface area contributed by atoms with Crippen LogP contribution >= 0.6 is 0 Å². The molecular weight excluding hydrogens is 296 g/mol. The van der Waals surface area contributed by atoms with E-state index in [1.54, 1.807) is 4.31 Å². The van der Waals surface area contributed by atoms with E-state index in [9.17, 15) is 8.42 Å². The highest BCUT2D eigenvalue weighted by atomic mass is 32.2. The maximum atomic E-state index is 12.4. The van der Waals surface area contributed by atoms with Crippen molar-refractivity contribution in [1.29, 1.82) is 0 Å². The molecule has 3 rings (SSSR count). The Morgan fingerprint density at radius 3 is 2.09 bits per heavy atom. The van der Waals surface area contributed by atoms with Crippen LogP contribution in [0.1, 0.15) is 5.56 Å². The molecule has 1 heterocycles. The smallest absolute Gasteiger partial charge is 0.218 e. The van der Waals surface area contributed by atoms with E-state index in [2.05, 4.69) is 5.32 Å². The molecule has 5 heteroatoms. The van der Waals surface area contributed by atoms with Gasteiger partial charge in [-0.2, -0.15) is 4.31 Å². The third kappa shape index (κ3) is 3.55. The van der Waals surface area contributed by atoms with Crippen LogP contribution in [0.5, 0.6) is 0 Å². The first-order chi connectivity index (χ1) is 10.6. The third-order valence-corrected chi connectivity index (χ3v) is 5.73. The second-order valence-electron chi connectivity index (χ2n) is 5.47. The van der Waals surface area contributed by atoms with Crippen molar-refractivity contribution in [2.24, 2.45) is 0 Å². The monoisotopic (exact) mass is 316 g/mol. The molecule has 4 nitrogen and oxygen atoms in total. The first-order valence-corrected chi connectivity index (χ1v) is 9.09. The molecule has 0 bridgehead atoms. The lowest BCUT2D eigenvalue weighted by molar-refractivity contribution is 0.360. The molecule has 0 atom stereocenters. The molecule has 2 aromatic rings. The Balaban J connectivity index is 1.73. The molecule has 22 heavy (non-hydrogen) atoms. The van der Waals surface area contributed by atoms with Crippen LogP contribution in [0.15, 0.2) is 54.6 Å². The Morgan fingerprint density at radius 1 is 0.864 bits per heavy atom. The minimum Gasteiger partial charge on any atom is -0.314 e. The van der Waals surface area contributed by atoms with Crippen LogP contribution < -0.4 is 5.32 Å². The fourth-order valence-corrected chi connectivity index (χ4v) is 4.18. The highest BCUT2D eigenvalue weighted by Gasteiger charge is 2.23. The molecule has 0 aliphatic carbocycles. The van der Waals surface area contributed by atoms with Gasteiger partial charge in [-0.05, 0) is 16.7 Å². The zero-order valence-electron chi connectivity index (χ0n) is 12.4. The Kier molecular flexibility index (Phi) is 4.57. The molecule has 2 aromatic carbocycles. The standard InChI is InChI=1S/C17H20N2O2S/c20-22(21,19-12-10-18-11-13-19)14-15-6-8-17(9-7-15)16-4-2-1-3-5-16/h1-9,18H,10-14H2. The van der Waals surface area contributed by atoms with E-state index < -0.39 is 10.0 Å². The summed E-state index contributed by atoms with van der Waals surface area (Å²) in [5.41, 5.74) is 3.07. The second kappa shape index (κ2) is 6.60. The Labute approximate surface area is 131 Å². The summed E-state index contributed by atoms with van der Waals surface area (Å²) in [5, 5.41) is 3.17. The number of hydrogen-bond acceptors (Lipinski definition) is 3. The summed E-state index contributed by atoms with van der Waals surface area (Å²) >= 11 is 0. The van der Waals surface area contributed by atoms with Crippen LogP contribution in [0, 0.1) is 0 Å². The Hall–Kier alpha value is -1.69. The van der Waals surface area contributed by atoms with E-state index >= 15 is 0 Å². The quantitative estimate of drug-likeness (QED) is 0.939. The van der Waals surface area contributed by atoms with Crippen LogP contribution in [0.4, 0.5) is 0 Å². The lowest BCUT2D eigenvalue weighted by atomic mass is 10.0. The van der Waals surface area contributed by atoms with Gasteiger partial charge >= 0.3 is 0 Å². The van der Waals surface area contributed by atoms with Crippen molar-refractivity contribution >= 4 is 10.0 Å². The predicted octanol–water partition coefficient (Wildman–Crippen LogP) is 2.09. The van der Waals surface area contributed by atoms with E-state index in [-0.39, 0.29) is 5.75 Å². The SMILES string of the molecule is O=S(=O)(Cc1ccc(-c2ccccc2)cc1)N1CCNCC1. The van der Waals surface area contributed by atoms with E-state index in [4.69, 9.17) is 0 Å². The topological polar surface area (TPSA) is 49.4 Å². The summed E-state index contributed by atoms with van der Waals surface area (Å²) in [6.07, 6.45) is 0. The van der Waals surface area contributed by atoms with Crippen LogP contribution in [0.3, 0.4) is 0 Å². The predicted molar refractivity (Wildman–Crippen MR) is 88.9 cm³/mol. The van der Waals surface area contributed by atoms with Crippen molar-refractivity contribution in [2.75, 3.05) is 26.2 Å². The van der Waals surface area contributed by atoms with Crippen LogP contribution in [-0.2, 0) is 15.8 Å². The molecule has 0 radical (unpaired) electrons. The summed E-state index contributed by atoms with van der Waals surface area (Å²) < 4.78 is 26.4. The molecule has 116 valence electrons. The van der Waals surface area contributed by atoms with E-state index in [0.717, 1.165) is 29.8 Å². The van der Waals surface area contributed by atoms with Gasteiger partial charge in [-0.15, -0.1) is 0 Å². The molecule has 1 aliphatic heterocycles. The Morgan fingerprint density at radius 2 is 1.45 bits per heavy atom. The van der Waals surface area contributed by atoms with Crippen molar-refractivity contribution in [3.8, 4) is 11.1 Å². The number of benzene rings is 2. The number of sulfonamides is 1. The number of nitrogens with one attached hydrogen (secondary N) is 1. The van der Waals surface area contributed by atoms with Crippen molar-refractivity contribution in [1.82, 2.24) is 9.62 Å². The maximum absolute atomic E-state index is 12.4. The molecule has 0 saturated carbocycles. The zero-order chi connectivity index (χ0) is 15.4. The molecule has 0 aromatic heterocycles. The van der Waals surface area contributed by atoms with Gasteiger partial charge in [0.25, 0.3) is 0 Å². The largest absolute Gasteiger partial charge is 0.314 e. The van der Waals surface area contributed by atoms with Gasteiger partial charge in [-0.1, -0.05) is 54.6 Å². The molecular formula is C17H20N2O2S. The minimum atomic E-state index is -3.22. The first-order valence-electron chi connectivity index (χ1n) is 7.48. The van der Waals surface area contributed by atoms with E-state index in [0.29, 0.717) is 13.1 Å². The lowest BCUT2D eigenvalue weighted by Gasteiger charge is -2.26. The van der Waals surface area contributed by atoms with Gasteiger partial charge in [0.1, 0.15) is 0 Å². The summed E-state index contributed by atoms with van der Waals surface area (Å²) in [6, 6.07) is 17.9. The summed E-state index contributed by atoms with van der Waals surface area (Å²) in [5.74, 6) is 0.0715. The Bertz CT molecular complexity index is 706. The third-order valence-electron chi connectivity index (χ3n) is 3.88. The number of nitrogens with zero attached hydrogens (tertiary/aromatic N) is 1. The van der Waals surface area contributed by atoms with Crippen molar-refractivity contribution in [3.63, 3.8) is 0 Å². The fourth-order valence-electron chi connectivity index (χ4n) is 2.65. The highest BCUT2D eigenvalue weighted by Crippen LogP contribution is 2.20. The molecule has 1 fully saturated rings. The number of piperazine rings is 1. The van der Waals surface area contributed by atoms with Crippen molar-refractivity contribution in [3.05, 3.63) is 60.2 Å². The summed E-state index contributed by atoms with van der Waals surface area (Å²) in [6.45, 7) is 2.58. The highest BCUT2D eigenvalue weighted by molar-refractivity contribution is 7.88. The van der Waals surface area contributed by atoms with Crippen molar-refractivity contribution in [2.45, 2.75) is 5.75 Å². The molecule has 1 N–H and O–H groups in total.